The van der Waals surface area contributed by atoms with Gasteiger partial charge in [0.05, 0.1) is 17.7 Å². The van der Waals surface area contributed by atoms with Gasteiger partial charge in [-0.2, -0.15) is 0 Å². The van der Waals surface area contributed by atoms with Crippen LogP contribution in [0, 0.1) is 6.92 Å². The van der Waals surface area contributed by atoms with Crippen LogP contribution in [0.5, 0.6) is 5.75 Å². The highest BCUT2D eigenvalue weighted by Gasteiger charge is 2.12. The van der Waals surface area contributed by atoms with E-state index < -0.39 is 11.9 Å². The molecule has 126 valence electrons. The molecule has 0 amide bonds. The zero-order chi connectivity index (χ0) is 17.5. The van der Waals surface area contributed by atoms with Crippen molar-refractivity contribution in [1.29, 1.82) is 0 Å². The summed E-state index contributed by atoms with van der Waals surface area (Å²) in [6, 6.07) is 11.2. The van der Waals surface area contributed by atoms with Crippen LogP contribution in [0.1, 0.15) is 46.0 Å². The van der Waals surface area contributed by atoms with Crippen LogP contribution in [-0.4, -0.2) is 18.5 Å². The molecular weight excluding hydrogens is 328 g/mol. The number of aryl methyl sites for hydroxylation is 1. The molecule has 0 atom stereocenters. The van der Waals surface area contributed by atoms with Crippen molar-refractivity contribution in [2.45, 2.75) is 26.7 Å². The highest BCUT2D eigenvalue weighted by Crippen LogP contribution is 2.22. The Morgan fingerprint density at radius 1 is 1.00 bits per heavy atom. The monoisotopic (exact) mass is 346 g/mol. The molecule has 0 radical (unpaired) electrons. The number of carbonyl (C=O) groups is 2. The zero-order valence-electron chi connectivity index (χ0n) is 13.7. The summed E-state index contributed by atoms with van der Waals surface area (Å²) in [7, 11) is 0. The lowest BCUT2D eigenvalue weighted by Gasteiger charge is -2.07. The van der Waals surface area contributed by atoms with Gasteiger partial charge >= 0.3 is 11.9 Å². The van der Waals surface area contributed by atoms with Crippen LogP contribution in [0.15, 0.2) is 42.5 Å². The Labute approximate surface area is 146 Å². The van der Waals surface area contributed by atoms with E-state index in [1.165, 1.54) is 0 Å². The van der Waals surface area contributed by atoms with Gasteiger partial charge in [0.1, 0.15) is 5.75 Å². The topological polar surface area (TPSA) is 52.6 Å². The standard InChI is InChI=1S/C19H19ClO4/c1-3-4-11-23-18(21)14-5-7-15(8-6-14)19(22)24-16-9-10-17(20)13(2)12-16/h5-10,12H,3-4,11H2,1-2H3. The average Bonchev–Trinajstić information content (AvgIpc) is 2.58. The minimum atomic E-state index is -0.498. The SMILES string of the molecule is CCCCOC(=O)c1ccc(C(=O)Oc2ccc(Cl)c(C)c2)cc1. The second kappa shape index (κ2) is 8.50. The van der Waals surface area contributed by atoms with Gasteiger partial charge in [0, 0.05) is 5.02 Å². The molecule has 2 rings (SSSR count). The fraction of sp³-hybridized carbons (Fsp3) is 0.263. The number of benzene rings is 2. The first-order valence-electron chi connectivity index (χ1n) is 7.76. The largest absolute Gasteiger partial charge is 0.462 e. The minimum absolute atomic E-state index is 0.354. The molecule has 0 heterocycles. The minimum Gasteiger partial charge on any atom is -0.462 e. The Kier molecular flexibility index (Phi) is 6.38. The van der Waals surface area contributed by atoms with E-state index in [4.69, 9.17) is 21.1 Å². The Balaban J connectivity index is 2.00. The van der Waals surface area contributed by atoms with Crippen molar-refractivity contribution in [3.05, 3.63) is 64.2 Å². The van der Waals surface area contributed by atoms with E-state index in [1.807, 2.05) is 13.8 Å². The fourth-order valence-electron chi connectivity index (χ4n) is 1.98. The van der Waals surface area contributed by atoms with Crippen molar-refractivity contribution in [1.82, 2.24) is 0 Å². The second-order valence-electron chi connectivity index (χ2n) is 5.37. The Hall–Kier alpha value is -2.33. The summed E-state index contributed by atoms with van der Waals surface area (Å²) in [5.74, 6) is -0.468. The first-order chi connectivity index (χ1) is 11.5. The molecule has 24 heavy (non-hydrogen) atoms. The van der Waals surface area contributed by atoms with Crippen molar-refractivity contribution in [3.8, 4) is 5.75 Å². The van der Waals surface area contributed by atoms with Gasteiger partial charge in [-0.15, -0.1) is 0 Å². The Morgan fingerprint density at radius 2 is 1.62 bits per heavy atom. The molecule has 0 aliphatic rings. The summed E-state index contributed by atoms with van der Waals surface area (Å²) in [5.41, 5.74) is 1.59. The second-order valence-corrected chi connectivity index (χ2v) is 5.77. The molecule has 0 saturated carbocycles. The summed E-state index contributed by atoms with van der Waals surface area (Å²) in [6.45, 7) is 4.25. The van der Waals surface area contributed by atoms with E-state index in [-0.39, 0.29) is 0 Å². The predicted molar refractivity (Wildman–Crippen MR) is 92.8 cm³/mol. The quantitative estimate of drug-likeness (QED) is 0.427. The summed E-state index contributed by atoms with van der Waals surface area (Å²) < 4.78 is 10.4. The van der Waals surface area contributed by atoms with Crippen LogP contribution in [0.3, 0.4) is 0 Å². The number of ether oxygens (including phenoxy) is 2. The molecule has 0 aliphatic carbocycles. The van der Waals surface area contributed by atoms with Crippen molar-refractivity contribution >= 4 is 23.5 Å². The van der Waals surface area contributed by atoms with E-state index in [0.29, 0.717) is 28.5 Å². The summed E-state index contributed by atoms with van der Waals surface area (Å²) in [4.78, 5) is 23.9. The number of carbonyl (C=O) groups excluding carboxylic acids is 2. The van der Waals surface area contributed by atoms with Gasteiger partial charge in [-0.1, -0.05) is 24.9 Å². The lowest BCUT2D eigenvalue weighted by Crippen LogP contribution is -2.10. The number of hydrogen-bond donors (Lipinski definition) is 0. The first-order valence-corrected chi connectivity index (χ1v) is 8.14. The highest BCUT2D eigenvalue weighted by atomic mass is 35.5. The molecule has 0 unspecified atom stereocenters. The average molecular weight is 347 g/mol. The van der Waals surface area contributed by atoms with E-state index >= 15 is 0 Å². The summed E-state index contributed by atoms with van der Waals surface area (Å²) in [5, 5.41) is 0.612. The van der Waals surface area contributed by atoms with Crippen molar-refractivity contribution < 1.29 is 19.1 Å². The molecule has 0 saturated heterocycles. The predicted octanol–water partition coefficient (Wildman–Crippen LogP) is 4.82. The van der Waals surface area contributed by atoms with Gasteiger partial charge in [0.15, 0.2) is 0 Å². The van der Waals surface area contributed by atoms with Gasteiger partial charge < -0.3 is 9.47 Å². The van der Waals surface area contributed by atoms with Crippen molar-refractivity contribution in [3.63, 3.8) is 0 Å². The number of halogens is 1. The van der Waals surface area contributed by atoms with Crippen molar-refractivity contribution in [2.24, 2.45) is 0 Å². The van der Waals surface area contributed by atoms with E-state index in [1.54, 1.807) is 42.5 Å². The molecule has 0 fully saturated rings. The van der Waals surface area contributed by atoms with Crippen LogP contribution < -0.4 is 4.74 Å². The molecule has 0 spiro atoms. The lowest BCUT2D eigenvalue weighted by atomic mass is 10.1. The Morgan fingerprint density at radius 3 is 2.21 bits per heavy atom. The third-order valence-corrected chi connectivity index (χ3v) is 3.85. The van der Waals surface area contributed by atoms with E-state index in [9.17, 15) is 9.59 Å². The smallest absolute Gasteiger partial charge is 0.343 e. The molecule has 5 heteroatoms. The van der Waals surface area contributed by atoms with Crippen LogP contribution in [-0.2, 0) is 4.74 Å². The third-order valence-electron chi connectivity index (χ3n) is 3.43. The molecule has 2 aromatic carbocycles. The fourth-order valence-corrected chi connectivity index (χ4v) is 2.10. The van der Waals surface area contributed by atoms with Gasteiger partial charge in [-0.25, -0.2) is 9.59 Å². The maximum absolute atomic E-state index is 12.1. The van der Waals surface area contributed by atoms with Crippen LogP contribution in [0.2, 0.25) is 5.02 Å². The number of hydrogen-bond acceptors (Lipinski definition) is 4. The number of rotatable bonds is 6. The molecule has 0 aromatic heterocycles. The summed E-state index contributed by atoms with van der Waals surface area (Å²) in [6.07, 6.45) is 1.79. The third kappa shape index (κ3) is 4.83. The molecule has 0 bridgehead atoms. The van der Waals surface area contributed by atoms with E-state index in [2.05, 4.69) is 0 Å². The first kappa shape index (κ1) is 18.0. The van der Waals surface area contributed by atoms with Gasteiger partial charge in [-0.05, 0) is 61.4 Å². The molecule has 4 nitrogen and oxygen atoms in total. The van der Waals surface area contributed by atoms with Crippen LogP contribution in [0.4, 0.5) is 0 Å². The van der Waals surface area contributed by atoms with Crippen LogP contribution >= 0.6 is 11.6 Å². The molecule has 0 aliphatic heterocycles. The lowest BCUT2D eigenvalue weighted by molar-refractivity contribution is 0.0499. The molecule has 0 N–H and O–H groups in total. The maximum Gasteiger partial charge on any atom is 0.343 e. The van der Waals surface area contributed by atoms with Gasteiger partial charge in [0.25, 0.3) is 0 Å². The van der Waals surface area contributed by atoms with Crippen LogP contribution in [0.25, 0.3) is 0 Å². The number of esters is 2. The van der Waals surface area contributed by atoms with E-state index in [0.717, 1.165) is 18.4 Å². The van der Waals surface area contributed by atoms with Gasteiger partial charge in [0.2, 0.25) is 0 Å². The normalized spacial score (nSPS) is 10.3. The Bertz CT molecular complexity index is 723. The zero-order valence-corrected chi connectivity index (χ0v) is 14.4. The van der Waals surface area contributed by atoms with Crippen molar-refractivity contribution in [2.75, 3.05) is 6.61 Å². The number of unbranched alkanes of at least 4 members (excludes halogenated alkanes) is 1. The highest BCUT2D eigenvalue weighted by molar-refractivity contribution is 6.31. The molecular formula is C19H19ClO4. The maximum atomic E-state index is 12.1. The summed E-state index contributed by atoms with van der Waals surface area (Å²) >= 11 is 5.94. The molecule has 2 aromatic rings. The van der Waals surface area contributed by atoms with Gasteiger partial charge in [-0.3, -0.25) is 0 Å².